The quantitative estimate of drug-likeness (QED) is 0.706. The number of carbonyl (C=O) groups is 1. The van der Waals surface area contributed by atoms with Crippen molar-refractivity contribution in [3.05, 3.63) is 47.7 Å². The first-order valence-corrected chi connectivity index (χ1v) is 11.5. The van der Waals surface area contributed by atoms with E-state index in [9.17, 15) is 4.79 Å². The molecule has 0 N–H and O–H groups in total. The highest BCUT2D eigenvalue weighted by molar-refractivity contribution is 5.91. The van der Waals surface area contributed by atoms with Crippen LogP contribution in [0.25, 0.3) is 0 Å². The summed E-state index contributed by atoms with van der Waals surface area (Å²) in [6.45, 7) is 6.80. The summed E-state index contributed by atoms with van der Waals surface area (Å²) < 4.78 is 6.43. The van der Waals surface area contributed by atoms with Crippen LogP contribution in [-0.4, -0.2) is 30.4 Å². The number of ether oxygens (including phenoxy) is 1. The van der Waals surface area contributed by atoms with E-state index in [4.69, 9.17) is 4.74 Å². The van der Waals surface area contributed by atoms with Crippen molar-refractivity contribution in [3.8, 4) is 0 Å². The number of fused-ring (bicyclic) bond motifs is 5. The van der Waals surface area contributed by atoms with E-state index in [1.807, 2.05) is 6.08 Å². The van der Waals surface area contributed by atoms with Gasteiger partial charge in [-0.15, -0.1) is 0 Å². The van der Waals surface area contributed by atoms with E-state index < -0.39 is 0 Å². The standard InChI is InChI=1S/C26H35NO2/c1-25-11-10-22-21(16-27(3)24-13-19(28)9-12-26(22,24)2)23(25)14-20(15-25)29-17-18-7-5-4-6-8-18/h4-8,13,20-23H,9-12,14-17H2,1-3H3/t20-,21+,22-,23-,25+,26+/m0/s1. The largest absolute Gasteiger partial charge is 0.377 e. The molecule has 1 aromatic rings. The maximum Gasteiger partial charge on any atom is 0.157 e. The monoisotopic (exact) mass is 393 g/mol. The Balaban J connectivity index is 1.35. The molecular formula is C26H35NO2. The molecular weight excluding hydrogens is 358 g/mol. The number of nitrogens with zero attached hydrogens (tertiary/aromatic N) is 1. The number of likely N-dealkylation sites (tertiary alicyclic amines) is 1. The molecule has 3 heteroatoms. The van der Waals surface area contributed by atoms with Crippen LogP contribution < -0.4 is 0 Å². The predicted octanol–water partition coefficient (Wildman–Crippen LogP) is 5.21. The molecule has 6 atom stereocenters. The number of carbonyl (C=O) groups excluding carboxylic acids is 1. The zero-order valence-electron chi connectivity index (χ0n) is 18.2. The molecule has 1 aromatic carbocycles. The van der Waals surface area contributed by atoms with Crippen LogP contribution in [0.15, 0.2) is 42.1 Å². The molecule has 0 spiro atoms. The van der Waals surface area contributed by atoms with Crippen molar-refractivity contribution < 1.29 is 9.53 Å². The molecule has 0 bridgehead atoms. The molecule has 3 nitrogen and oxygen atoms in total. The molecule has 3 fully saturated rings. The molecule has 0 radical (unpaired) electrons. The molecule has 0 amide bonds. The molecule has 0 aromatic heterocycles. The van der Waals surface area contributed by atoms with Gasteiger partial charge in [0.2, 0.25) is 0 Å². The van der Waals surface area contributed by atoms with Crippen LogP contribution in [0.5, 0.6) is 0 Å². The number of rotatable bonds is 3. The molecule has 0 unspecified atom stereocenters. The van der Waals surface area contributed by atoms with E-state index in [1.54, 1.807) is 0 Å². The van der Waals surface area contributed by atoms with Crippen molar-refractivity contribution in [2.24, 2.45) is 28.6 Å². The number of benzene rings is 1. The average Bonchev–Trinajstić information content (AvgIpc) is 3.06. The second kappa shape index (κ2) is 6.97. The molecule has 156 valence electrons. The van der Waals surface area contributed by atoms with Gasteiger partial charge in [-0.05, 0) is 60.8 Å². The second-order valence-corrected chi connectivity index (χ2v) is 10.7. The fraction of sp³-hybridized carbons (Fsp3) is 0.654. The highest BCUT2D eigenvalue weighted by Crippen LogP contribution is 2.64. The van der Waals surface area contributed by atoms with Gasteiger partial charge in [-0.1, -0.05) is 44.2 Å². The van der Waals surface area contributed by atoms with Gasteiger partial charge < -0.3 is 9.64 Å². The lowest BCUT2D eigenvalue weighted by molar-refractivity contribution is -0.118. The van der Waals surface area contributed by atoms with Gasteiger partial charge in [0.05, 0.1) is 12.7 Å². The van der Waals surface area contributed by atoms with Crippen molar-refractivity contribution in [3.63, 3.8) is 0 Å². The third-order valence-corrected chi connectivity index (χ3v) is 8.98. The Morgan fingerprint density at radius 1 is 1.14 bits per heavy atom. The SMILES string of the molecule is CN1C[C@H]2[C@@H]3C[C@H](OCc4ccccc4)C[C@@]3(C)CC[C@@H]2[C@@]2(C)CCC(=O)C=C12. The number of piperidine rings is 1. The molecule has 3 aliphatic carbocycles. The molecule has 2 saturated carbocycles. The Labute approximate surface area is 175 Å². The van der Waals surface area contributed by atoms with Crippen molar-refractivity contribution >= 4 is 5.78 Å². The minimum absolute atomic E-state index is 0.176. The summed E-state index contributed by atoms with van der Waals surface area (Å²) in [5.74, 6) is 2.49. The highest BCUT2D eigenvalue weighted by Gasteiger charge is 2.59. The van der Waals surface area contributed by atoms with Crippen LogP contribution in [-0.2, 0) is 16.1 Å². The molecule has 1 aliphatic heterocycles. The first kappa shape index (κ1) is 19.4. The van der Waals surface area contributed by atoms with Crippen LogP contribution in [0, 0.1) is 28.6 Å². The van der Waals surface area contributed by atoms with Crippen molar-refractivity contribution in [1.82, 2.24) is 4.90 Å². The summed E-state index contributed by atoms with van der Waals surface area (Å²) in [6, 6.07) is 10.6. The number of allylic oxidation sites excluding steroid dienone is 2. The Hall–Kier alpha value is -1.61. The fourth-order valence-corrected chi connectivity index (χ4v) is 7.48. The summed E-state index contributed by atoms with van der Waals surface area (Å²) in [5, 5.41) is 0. The topological polar surface area (TPSA) is 29.5 Å². The number of hydrogen-bond donors (Lipinski definition) is 0. The molecule has 29 heavy (non-hydrogen) atoms. The van der Waals surface area contributed by atoms with Gasteiger partial charge >= 0.3 is 0 Å². The van der Waals surface area contributed by atoms with Gasteiger partial charge in [0.15, 0.2) is 5.78 Å². The molecule has 4 aliphatic rings. The van der Waals surface area contributed by atoms with Crippen LogP contribution in [0.4, 0.5) is 0 Å². The Kier molecular flexibility index (Phi) is 4.66. The van der Waals surface area contributed by atoms with Gasteiger partial charge in [0.1, 0.15) is 0 Å². The van der Waals surface area contributed by atoms with Crippen LogP contribution in [0.3, 0.4) is 0 Å². The van der Waals surface area contributed by atoms with Gasteiger partial charge in [0.25, 0.3) is 0 Å². The summed E-state index contributed by atoms with van der Waals surface area (Å²) >= 11 is 0. The lowest BCUT2D eigenvalue weighted by Crippen LogP contribution is -2.56. The van der Waals surface area contributed by atoms with E-state index >= 15 is 0 Å². The summed E-state index contributed by atoms with van der Waals surface area (Å²) in [5.41, 5.74) is 3.17. The summed E-state index contributed by atoms with van der Waals surface area (Å²) in [4.78, 5) is 14.5. The minimum atomic E-state index is 0.176. The Morgan fingerprint density at radius 2 is 1.93 bits per heavy atom. The zero-order valence-corrected chi connectivity index (χ0v) is 18.2. The van der Waals surface area contributed by atoms with Crippen LogP contribution in [0.1, 0.15) is 57.9 Å². The second-order valence-electron chi connectivity index (χ2n) is 10.7. The first-order chi connectivity index (χ1) is 13.9. The zero-order chi connectivity index (χ0) is 20.2. The highest BCUT2D eigenvalue weighted by atomic mass is 16.5. The lowest BCUT2D eigenvalue weighted by Gasteiger charge is -2.59. The average molecular weight is 394 g/mol. The van der Waals surface area contributed by atoms with Gasteiger partial charge in [-0.2, -0.15) is 0 Å². The van der Waals surface area contributed by atoms with Crippen molar-refractivity contribution in [2.45, 2.75) is 65.1 Å². The maximum absolute atomic E-state index is 12.1. The smallest absolute Gasteiger partial charge is 0.157 e. The molecule has 1 saturated heterocycles. The summed E-state index contributed by atoms with van der Waals surface area (Å²) in [6.07, 6.45) is 9.12. The lowest BCUT2D eigenvalue weighted by atomic mass is 9.50. The summed E-state index contributed by atoms with van der Waals surface area (Å²) in [7, 11) is 2.21. The van der Waals surface area contributed by atoms with Crippen LogP contribution >= 0.6 is 0 Å². The van der Waals surface area contributed by atoms with Gasteiger partial charge in [-0.25, -0.2) is 0 Å². The third-order valence-electron chi connectivity index (χ3n) is 8.98. The fourth-order valence-electron chi connectivity index (χ4n) is 7.48. The van der Waals surface area contributed by atoms with E-state index in [1.165, 1.54) is 36.9 Å². The predicted molar refractivity (Wildman–Crippen MR) is 115 cm³/mol. The molecule has 1 heterocycles. The maximum atomic E-state index is 12.1. The van der Waals surface area contributed by atoms with Gasteiger partial charge in [0, 0.05) is 37.2 Å². The molecule has 5 rings (SSSR count). The normalized spacial score (nSPS) is 41.4. The number of hydrogen-bond acceptors (Lipinski definition) is 3. The van der Waals surface area contributed by atoms with E-state index in [0.717, 1.165) is 37.8 Å². The van der Waals surface area contributed by atoms with Gasteiger partial charge in [-0.3, -0.25) is 4.79 Å². The third kappa shape index (κ3) is 3.17. The Bertz CT molecular complexity index is 817. The van der Waals surface area contributed by atoms with E-state index in [-0.39, 0.29) is 5.41 Å². The minimum Gasteiger partial charge on any atom is -0.377 e. The van der Waals surface area contributed by atoms with Crippen LogP contribution in [0.2, 0.25) is 0 Å². The van der Waals surface area contributed by atoms with E-state index in [2.05, 4.69) is 56.1 Å². The first-order valence-electron chi connectivity index (χ1n) is 11.5. The van der Waals surface area contributed by atoms with E-state index in [0.29, 0.717) is 23.2 Å². The van der Waals surface area contributed by atoms with Crippen molar-refractivity contribution in [1.29, 1.82) is 0 Å². The number of ketones is 1. The Morgan fingerprint density at radius 3 is 2.72 bits per heavy atom. The van der Waals surface area contributed by atoms with Crippen molar-refractivity contribution in [2.75, 3.05) is 13.6 Å².